The van der Waals surface area contributed by atoms with E-state index in [1.54, 1.807) is 28.8 Å². The van der Waals surface area contributed by atoms with Crippen LogP contribution in [0.25, 0.3) is 5.69 Å². The summed E-state index contributed by atoms with van der Waals surface area (Å²) < 4.78 is 1.79. The zero-order valence-electron chi connectivity index (χ0n) is 12.2. The number of nitrogens with one attached hydrogen (secondary N) is 1. The molecule has 0 unspecified atom stereocenters. The van der Waals surface area contributed by atoms with Crippen LogP contribution < -0.4 is 5.32 Å². The van der Waals surface area contributed by atoms with Gasteiger partial charge in [0.1, 0.15) is 5.82 Å². The minimum Gasteiger partial charge on any atom is -0.310 e. The highest BCUT2D eigenvalue weighted by Gasteiger charge is 2.27. The molecule has 1 aromatic carbocycles. The molecule has 2 aromatic heterocycles. The van der Waals surface area contributed by atoms with E-state index in [0.29, 0.717) is 5.75 Å². The molecule has 6 heteroatoms. The smallest absolute Gasteiger partial charge is 0.235 e. The van der Waals surface area contributed by atoms with Gasteiger partial charge in [-0.15, -0.1) is 11.8 Å². The van der Waals surface area contributed by atoms with Gasteiger partial charge in [-0.25, -0.2) is 4.68 Å². The number of fused-ring (bicyclic) bond motifs is 1. The van der Waals surface area contributed by atoms with E-state index in [0.717, 1.165) is 22.6 Å². The van der Waals surface area contributed by atoms with Crippen LogP contribution in [0.3, 0.4) is 0 Å². The largest absolute Gasteiger partial charge is 0.310 e. The Balaban J connectivity index is 1.84. The number of rotatable bonds is 2. The van der Waals surface area contributed by atoms with Gasteiger partial charge in [0.05, 0.1) is 22.9 Å². The third-order valence-corrected chi connectivity index (χ3v) is 5.02. The molecule has 0 bridgehead atoms. The predicted octanol–water partition coefficient (Wildman–Crippen LogP) is 3.04. The molecule has 0 radical (unpaired) electrons. The average molecular weight is 322 g/mol. The summed E-state index contributed by atoms with van der Waals surface area (Å²) in [5, 5.41) is 7.55. The number of para-hydroxylation sites is 1. The van der Waals surface area contributed by atoms with Gasteiger partial charge in [0.15, 0.2) is 0 Å². The monoisotopic (exact) mass is 322 g/mol. The summed E-state index contributed by atoms with van der Waals surface area (Å²) in [5.41, 5.74) is 3.06. The van der Waals surface area contributed by atoms with Gasteiger partial charge < -0.3 is 5.32 Å². The van der Waals surface area contributed by atoms with E-state index >= 15 is 0 Å². The number of carbonyl (C=O) groups is 1. The molecule has 1 aliphatic heterocycles. The van der Waals surface area contributed by atoms with Crippen molar-refractivity contribution >= 4 is 23.5 Å². The summed E-state index contributed by atoms with van der Waals surface area (Å²) in [6, 6.07) is 13.8. The Bertz CT molecular complexity index is 832. The van der Waals surface area contributed by atoms with Gasteiger partial charge in [-0.2, -0.15) is 5.10 Å². The molecule has 3 aromatic rings. The van der Waals surface area contributed by atoms with Crippen molar-refractivity contribution < 1.29 is 4.79 Å². The van der Waals surface area contributed by atoms with Gasteiger partial charge >= 0.3 is 0 Å². The van der Waals surface area contributed by atoms with E-state index in [2.05, 4.69) is 15.4 Å². The summed E-state index contributed by atoms with van der Waals surface area (Å²) in [7, 11) is 0. The van der Waals surface area contributed by atoms with Crippen molar-refractivity contribution in [3.8, 4) is 5.69 Å². The lowest BCUT2D eigenvalue weighted by atomic mass is 10.1. The Morgan fingerprint density at radius 3 is 2.70 bits per heavy atom. The fraction of sp³-hybridized carbons (Fsp3) is 0.118. The molecule has 114 valence electrons. The lowest BCUT2D eigenvalue weighted by Gasteiger charge is -2.13. The highest BCUT2D eigenvalue weighted by atomic mass is 32.2. The van der Waals surface area contributed by atoms with Gasteiger partial charge in [0, 0.05) is 18.0 Å². The lowest BCUT2D eigenvalue weighted by molar-refractivity contribution is -0.113. The van der Waals surface area contributed by atoms with E-state index in [1.165, 1.54) is 0 Å². The molecule has 0 fully saturated rings. The van der Waals surface area contributed by atoms with Crippen molar-refractivity contribution in [1.82, 2.24) is 14.8 Å². The molecule has 4 rings (SSSR count). The van der Waals surface area contributed by atoms with Crippen LogP contribution in [0.5, 0.6) is 0 Å². The van der Waals surface area contributed by atoms with Crippen LogP contribution >= 0.6 is 11.8 Å². The number of thioether (sulfide) groups is 1. The van der Waals surface area contributed by atoms with Crippen molar-refractivity contribution in [3.05, 3.63) is 72.2 Å². The Morgan fingerprint density at radius 1 is 1.13 bits per heavy atom. The first kappa shape index (κ1) is 14.0. The minimum atomic E-state index is -0.00881. The minimum absolute atomic E-state index is 0.00881. The standard InChI is InChI=1S/C17H14N4OS/c22-15-11-23-16(12-6-8-18-9-7-12)14-10-19-21(17(14)20-15)13-4-2-1-3-5-13/h1-10,16H,11H2,(H,20,22)/t16-/m0/s1. The summed E-state index contributed by atoms with van der Waals surface area (Å²) in [4.78, 5) is 16.2. The van der Waals surface area contributed by atoms with Crippen LogP contribution in [-0.4, -0.2) is 26.4 Å². The highest BCUT2D eigenvalue weighted by Crippen LogP contribution is 2.41. The average Bonchev–Trinajstić information content (AvgIpc) is 2.92. The second-order valence-corrected chi connectivity index (χ2v) is 6.31. The van der Waals surface area contributed by atoms with Gasteiger partial charge in [-0.1, -0.05) is 18.2 Å². The lowest BCUT2D eigenvalue weighted by Crippen LogP contribution is -2.15. The van der Waals surface area contributed by atoms with Crippen LogP contribution in [0.2, 0.25) is 0 Å². The molecule has 1 aliphatic rings. The Labute approximate surface area is 137 Å². The quantitative estimate of drug-likeness (QED) is 0.788. The number of carbonyl (C=O) groups excluding carboxylic acids is 1. The van der Waals surface area contributed by atoms with Gasteiger partial charge in [0.25, 0.3) is 0 Å². The van der Waals surface area contributed by atoms with Crippen molar-refractivity contribution in [2.24, 2.45) is 0 Å². The van der Waals surface area contributed by atoms with Crippen molar-refractivity contribution in [2.45, 2.75) is 5.25 Å². The number of aromatic nitrogens is 3. The first-order chi connectivity index (χ1) is 11.3. The fourth-order valence-corrected chi connectivity index (χ4v) is 3.77. The maximum absolute atomic E-state index is 12.1. The summed E-state index contributed by atoms with van der Waals surface area (Å²) in [6.45, 7) is 0. The van der Waals surface area contributed by atoms with Crippen molar-refractivity contribution in [1.29, 1.82) is 0 Å². The molecule has 3 heterocycles. The molecule has 1 amide bonds. The Kier molecular flexibility index (Phi) is 3.59. The summed E-state index contributed by atoms with van der Waals surface area (Å²) in [5.74, 6) is 1.15. The van der Waals surface area contributed by atoms with E-state index in [-0.39, 0.29) is 11.2 Å². The molecular formula is C17H14N4OS. The van der Waals surface area contributed by atoms with E-state index in [9.17, 15) is 4.79 Å². The van der Waals surface area contributed by atoms with E-state index in [1.807, 2.05) is 48.7 Å². The third-order valence-electron chi connectivity index (χ3n) is 3.73. The first-order valence-electron chi connectivity index (χ1n) is 7.27. The van der Waals surface area contributed by atoms with Gasteiger partial charge in [0.2, 0.25) is 5.91 Å². The first-order valence-corrected chi connectivity index (χ1v) is 8.32. The molecule has 1 N–H and O–H groups in total. The van der Waals surface area contributed by atoms with Crippen LogP contribution in [0.15, 0.2) is 61.1 Å². The van der Waals surface area contributed by atoms with Gasteiger partial charge in [-0.05, 0) is 29.8 Å². The number of hydrogen-bond donors (Lipinski definition) is 1. The fourth-order valence-electron chi connectivity index (χ4n) is 2.67. The number of anilines is 1. The summed E-state index contributed by atoms with van der Waals surface area (Å²) >= 11 is 1.60. The Morgan fingerprint density at radius 2 is 1.91 bits per heavy atom. The number of amides is 1. The SMILES string of the molecule is O=C1CS[C@@H](c2ccncc2)c2cnn(-c3ccccc3)c2N1. The van der Waals surface area contributed by atoms with Crippen LogP contribution in [0.4, 0.5) is 5.82 Å². The maximum Gasteiger partial charge on any atom is 0.235 e. The van der Waals surface area contributed by atoms with Crippen LogP contribution in [-0.2, 0) is 4.79 Å². The second-order valence-electron chi connectivity index (χ2n) is 5.22. The van der Waals surface area contributed by atoms with Crippen molar-refractivity contribution in [3.63, 3.8) is 0 Å². The molecule has 0 spiro atoms. The topological polar surface area (TPSA) is 59.8 Å². The molecule has 0 saturated carbocycles. The van der Waals surface area contributed by atoms with E-state index in [4.69, 9.17) is 0 Å². The summed E-state index contributed by atoms with van der Waals surface area (Å²) in [6.07, 6.45) is 5.39. The van der Waals surface area contributed by atoms with Crippen LogP contribution in [0.1, 0.15) is 16.4 Å². The molecule has 5 nitrogen and oxygen atoms in total. The zero-order chi connectivity index (χ0) is 15.6. The van der Waals surface area contributed by atoms with E-state index < -0.39 is 0 Å². The molecule has 0 aliphatic carbocycles. The molecule has 0 saturated heterocycles. The predicted molar refractivity (Wildman–Crippen MR) is 90.7 cm³/mol. The normalized spacial score (nSPS) is 17.2. The van der Waals surface area contributed by atoms with Gasteiger partial charge in [-0.3, -0.25) is 9.78 Å². The van der Waals surface area contributed by atoms with Crippen LogP contribution in [0, 0.1) is 0 Å². The number of benzene rings is 1. The number of pyridine rings is 1. The molecule has 1 atom stereocenters. The zero-order valence-corrected chi connectivity index (χ0v) is 13.0. The molecular weight excluding hydrogens is 308 g/mol. The maximum atomic E-state index is 12.1. The highest BCUT2D eigenvalue weighted by molar-refractivity contribution is 8.00. The van der Waals surface area contributed by atoms with Crippen molar-refractivity contribution in [2.75, 3.05) is 11.1 Å². The number of hydrogen-bond acceptors (Lipinski definition) is 4. The second kappa shape index (κ2) is 5.89. The Hall–Kier alpha value is -2.60. The third kappa shape index (κ3) is 2.61. The number of nitrogens with zero attached hydrogens (tertiary/aromatic N) is 3. The molecule has 23 heavy (non-hydrogen) atoms.